The molecule has 0 aromatic heterocycles. The Kier molecular flexibility index (Phi) is 4.39. The zero-order chi connectivity index (χ0) is 14.6. The highest BCUT2D eigenvalue weighted by Crippen LogP contribution is 2.22. The molecule has 2 amide bonds. The van der Waals surface area contributed by atoms with E-state index in [9.17, 15) is 9.59 Å². The minimum absolute atomic E-state index is 0.158. The summed E-state index contributed by atoms with van der Waals surface area (Å²) in [4.78, 5) is 26.5. The van der Waals surface area contributed by atoms with Gasteiger partial charge in [-0.05, 0) is 26.0 Å². The molecular weight excluding hydrogens is 256 g/mol. The molecule has 108 valence electrons. The number of morpholine rings is 1. The standard InChI is InChI=1S/C15H20N2O3/c1-15(2,14(19)17-8-10-20-11-9-17)13(18)16-12-6-4-3-5-7-12/h3-7H,8-11H2,1-2H3,(H,16,18). The zero-order valence-electron chi connectivity index (χ0n) is 11.9. The van der Waals surface area contributed by atoms with Gasteiger partial charge in [-0.3, -0.25) is 9.59 Å². The number of benzene rings is 1. The summed E-state index contributed by atoms with van der Waals surface area (Å²) < 4.78 is 5.22. The van der Waals surface area contributed by atoms with Crippen LogP contribution >= 0.6 is 0 Å². The van der Waals surface area contributed by atoms with Gasteiger partial charge in [0, 0.05) is 18.8 Å². The van der Waals surface area contributed by atoms with Crippen LogP contribution in [-0.4, -0.2) is 43.0 Å². The first kappa shape index (κ1) is 14.5. The fraction of sp³-hybridized carbons (Fsp3) is 0.467. The number of para-hydroxylation sites is 1. The third kappa shape index (κ3) is 3.17. The SMILES string of the molecule is CC(C)(C(=O)Nc1ccccc1)C(=O)N1CCOCC1. The number of nitrogens with zero attached hydrogens (tertiary/aromatic N) is 1. The van der Waals surface area contributed by atoms with Crippen LogP contribution in [0.1, 0.15) is 13.8 Å². The number of hydrogen-bond donors (Lipinski definition) is 1. The van der Waals surface area contributed by atoms with Gasteiger partial charge in [-0.15, -0.1) is 0 Å². The molecule has 1 heterocycles. The van der Waals surface area contributed by atoms with E-state index in [2.05, 4.69) is 5.32 Å². The molecule has 0 unspecified atom stereocenters. The van der Waals surface area contributed by atoms with Gasteiger partial charge >= 0.3 is 0 Å². The summed E-state index contributed by atoms with van der Waals surface area (Å²) in [6.45, 7) is 5.46. The van der Waals surface area contributed by atoms with Crippen LogP contribution in [0.3, 0.4) is 0 Å². The number of amides is 2. The van der Waals surface area contributed by atoms with Crippen molar-refractivity contribution in [1.82, 2.24) is 4.90 Å². The van der Waals surface area contributed by atoms with Crippen molar-refractivity contribution >= 4 is 17.5 Å². The van der Waals surface area contributed by atoms with E-state index in [1.165, 1.54) is 0 Å². The van der Waals surface area contributed by atoms with Crippen molar-refractivity contribution in [2.75, 3.05) is 31.6 Å². The first-order valence-electron chi connectivity index (χ1n) is 6.75. The van der Waals surface area contributed by atoms with Gasteiger partial charge in [-0.25, -0.2) is 0 Å². The van der Waals surface area contributed by atoms with Gasteiger partial charge in [0.1, 0.15) is 5.41 Å². The Labute approximate surface area is 118 Å². The van der Waals surface area contributed by atoms with E-state index >= 15 is 0 Å². The topological polar surface area (TPSA) is 58.6 Å². The van der Waals surface area contributed by atoms with Crippen molar-refractivity contribution in [2.45, 2.75) is 13.8 Å². The molecule has 0 atom stereocenters. The molecule has 1 aliphatic rings. The molecule has 0 radical (unpaired) electrons. The quantitative estimate of drug-likeness (QED) is 0.851. The highest BCUT2D eigenvalue weighted by molar-refractivity contribution is 6.09. The van der Waals surface area contributed by atoms with Crippen LogP contribution in [0.15, 0.2) is 30.3 Å². The molecule has 0 saturated carbocycles. The van der Waals surface area contributed by atoms with Crippen LogP contribution in [0.5, 0.6) is 0 Å². The fourth-order valence-electron chi connectivity index (χ4n) is 2.07. The number of anilines is 1. The van der Waals surface area contributed by atoms with E-state index in [0.29, 0.717) is 32.0 Å². The lowest BCUT2D eigenvalue weighted by atomic mass is 9.90. The first-order valence-corrected chi connectivity index (χ1v) is 6.75. The largest absolute Gasteiger partial charge is 0.378 e. The summed E-state index contributed by atoms with van der Waals surface area (Å²) in [7, 11) is 0. The van der Waals surface area contributed by atoms with Crippen molar-refractivity contribution in [1.29, 1.82) is 0 Å². The summed E-state index contributed by atoms with van der Waals surface area (Å²) >= 11 is 0. The Hall–Kier alpha value is -1.88. The van der Waals surface area contributed by atoms with Gasteiger partial charge in [0.15, 0.2) is 0 Å². The number of rotatable bonds is 3. The highest BCUT2D eigenvalue weighted by atomic mass is 16.5. The Morgan fingerprint density at radius 1 is 1.15 bits per heavy atom. The van der Waals surface area contributed by atoms with Crippen molar-refractivity contribution < 1.29 is 14.3 Å². The number of ether oxygens (including phenoxy) is 1. The van der Waals surface area contributed by atoms with Crippen LogP contribution in [0.4, 0.5) is 5.69 Å². The van der Waals surface area contributed by atoms with Gasteiger partial charge in [-0.1, -0.05) is 18.2 Å². The van der Waals surface area contributed by atoms with Crippen molar-refractivity contribution in [3.63, 3.8) is 0 Å². The molecule has 1 saturated heterocycles. The second-order valence-corrected chi connectivity index (χ2v) is 5.35. The fourth-order valence-corrected chi connectivity index (χ4v) is 2.07. The molecule has 1 aromatic rings. The number of carbonyl (C=O) groups is 2. The van der Waals surface area contributed by atoms with Gasteiger partial charge in [0.05, 0.1) is 13.2 Å². The molecule has 1 fully saturated rings. The number of hydrogen-bond acceptors (Lipinski definition) is 3. The second kappa shape index (κ2) is 6.05. The van der Waals surface area contributed by atoms with Gasteiger partial charge in [0.2, 0.25) is 11.8 Å². The van der Waals surface area contributed by atoms with E-state index in [0.717, 1.165) is 0 Å². The maximum atomic E-state index is 12.5. The summed E-state index contributed by atoms with van der Waals surface area (Å²) in [5.74, 6) is -0.450. The van der Waals surface area contributed by atoms with Crippen LogP contribution in [0.25, 0.3) is 0 Å². The molecule has 0 bridgehead atoms. The van der Waals surface area contributed by atoms with Crippen LogP contribution in [-0.2, 0) is 14.3 Å². The zero-order valence-corrected chi connectivity index (χ0v) is 11.9. The van der Waals surface area contributed by atoms with E-state index in [-0.39, 0.29) is 11.8 Å². The van der Waals surface area contributed by atoms with Gasteiger partial charge < -0.3 is 15.0 Å². The lowest BCUT2D eigenvalue weighted by molar-refractivity contribution is -0.149. The molecule has 1 aliphatic heterocycles. The lowest BCUT2D eigenvalue weighted by Crippen LogP contribution is -2.51. The molecule has 20 heavy (non-hydrogen) atoms. The smallest absolute Gasteiger partial charge is 0.239 e. The maximum absolute atomic E-state index is 12.5. The molecule has 5 heteroatoms. The molecule has 1 N–H and O–H groups in total. The third-order valence-corrected chi connectivity index (χ3v) is 3.43. The van der Waals surface area contributed by atoms with E-state index in [1.54, 1.807) is 30.9 Å². The normalized spacial score (nSPS) is 15.8. The average molecular weight is 276 g/mol. The minimum atomic E-state index is -1.09. The first-order chi connectivity index (χ1) is 9.51. The van der Waals surface area contributed by atoms with E-state index < -0.39 is 5.41 Å². The molecule has 1 aromatic carbocycles. The predicted molar refractivity (Wildman–Crippen MR) is 76.3 cm³/mol. The molecular formula is C15H20N2O3. The van der Waals surface area contributed by atoms with Crippen molar-refractivity contribution in [2.24, 2.45) is 5.41 Å². The van der Waals surface area contributed by atoms with Gasteiger partial charge in [0.25, 0.3) is 0 Å². The number of nitrogens with one attached hydrogen (secondary N) is 1. The summed E-state index contributed by atoms with van der Waals surface area (Å²) in [5.41, 5.74) is -0.395. The van der Waals surface area contributed by atoms with Crippen LogP contribution in [0.2, 0.25) is 0 Å². The molecule has 0 aliphatic carbocycles. The van der Waals surface area contributed by atoms with Crippen molar-refractivity contribution in [3.8, 4) is 0 Å². The van der Waals surface area contributed by atoms with E-state index in [4.69, 9.17) is 4.74 Å². The monoisotopic (exact) mass is 276 g/mol. The van der Waals surface area contributed by atoms with Gasteiger partial charge in [-0.2, -0.15) is 0 Å². The summed E-state index contributed by atoms with van der Waals surface area (Å²) in [5, 5.41) is 2.78. The highest BCUT2D eigenvalue weighted by Gasteiger charge is 2.39. The average Bonchev–Trinajstić information content (AvgIpc) is 2.48. The van der Waals surface area contributed by atoms with Crippen LogP contribution < -0.4 is 5.32 Å². The van der Waals surface area contributed by atoms with Crippen LogP contribution in [0, 0.1) is 5.41 Å². The summed E-state index contributed by atoms with van der Waals surface area (Å²) in [6, 6.07) is 9.15. The Bertz CT molecular complexity index is 479. The Balaban J connectivity index is 2.04. The van der Waals surface area contributed by atoms with E-state index in [1.807, 2.05) is 18.2 Å². The third-order valence-electron chi connectivity index (χ3n) is 3.43. The Morgan fingerprint density at radius 3 is 2.35 bits per heavy atom. The maximum Gasteiger partial charge on any atom is 0.239 e. The second-order valence-electron chi connectivity index (χ2n) is 5.35. The lowest BCUT2D eigenvalue weighted by Gasteiger charge is -2.33. The predicted octanol–water partition coefficient (Wildman–Crippen LogP) is 1.51. The van der Waals surface area contributed by atoms with Crippen molar-refractivity contribution in [3.05, 3.63) is 30.3 Å². The number of carbonyl (C=O) groups excluding carboxylic acids is 2. The minimum Gasteiger partial charge on any atom is -0.378 e. The summed E-state index contributed by atoms with van der Waals surface area (Å²) in [6.07, 6.45) is 0. The molecule has 5 nitrogen and oxygen atoms in total. The molecule has 2 rings (SSSR count). The molecule has 0 spiro atoms. The Morgan fingerprint density at radius 2 is 1.75 bits per heavy atom.